The molecule has 8 heteroatoms. The molecule has 23 heavy (non-hydrogen) atoms. The first-order valence-electron chi connectivity index (χ1n) is 6.76. The van der Waals surface area contributed by atoms with Crippen molar-refractivity contribution in [1.82, 2.24) is 5.32 Å². The highest BCUT2D eigenvalue weighted by Crippen LogP contribution is 2.33. The summed E-state index contributed by atoms with van der Waals surface area (Å²) < 4.78 is 0. The number of ketones is 1. The predicted octanol–water partition coefficient (Wildman–Crippen LogP) is 2.40. The van der Waals surface area contributed by atoms with Crippen molar-refractivity contribution >= 4 is 17.2 Å². The van der Waals surface area contributed by atoms with Gasteiger partial charge in [-0.05, 0) is 17.7 Å². The first-order chi connectivity index (χ1) is 11.0. The third kappa shape index (κ3) is 2.92. The molecule has 1 heterocycles. The highest BCUT2D eigenvalue weighted by atomic mass is 16.6. The van der Waals surface area contributed by atoms with Crippen LogP contribution in [0.2, 0.25) is 0 Å². The third-order valence-electron chi connectivity index (χ3n) is 3.69. The van der Waals surface area contributed by atoms with Gasteiger partial charge in [0.05, 0.1) is 21.9 Å². The van der Waals surface area contributed by atoms with Gasteiger partial charge in [-0.3, -0.25) is 30.3 Å². The summed E-state index contributed by atoms with van der Waals surface area (Å²) >= 11 is 0. The van der Waals surface area contributed by atoms with E-state index in [0.29, 0.717) is 5.56 Å². The van der Waals surface area contributed by atoms with E-state index in [1.807, 2.05) is 0 Å². The van der Waals surface area contributed by atoms with E-state index in [1.54, 1.807) is 12.1 Å². The normalized spacial score (nSPS) is 19.1. The number of nitro benzene ring substituents is 2. The van der Waals surface area contributed by atoms with Gasteiger partial charge in [-0.15, -0.1) is 0 Å². The van der Waals surface area contributed by atoms with E-state index in [4.69, 9.17) is 0 Å². The highest BCUT2D eigenvalue weighted by Gasteiger charge is 2.43. The monoisotopic (exact) mass is 313 g/mol. The number of hydrogen-bond donors (Lipinski definition) is 1. The van der Waals surface area contributed by atoms with Crippen LogP contribution in [-0.2, 0) is 0 Å². The summed E-state index contributed by atoms with van der Waals surface area (Å²) in [5.41, 5.74) is 1.10. The number of nitrogens with one attached hydrogen (secondary N) is 1. The van der Waals surface area contributed by atoms with Crippen LogP contribution in [-0.4, -0.2) is 21.7 Å². The van der Waals surface area contributed by atoms with Crippen LogP contribution >= 0.6 is 0 Å². The van der Waals surface area contributed by atoms with Crippen molar-refractivity contribution in [3.63, 3.8) is 0 Å². The van der Waals surface area contributed by atoms with Crippen LogP contribution in [0.15, 0.2) is 48.5 Å². The Hall–Kier alpha value is -3.13. The molecule has 3 rings (SSSR count). The van der Waals surface area contributed by atoms with Crippen molar-refractivity contribution in [2.75, 3.05) is 0 Å². The van der Waals surface area contributed by atoms with Crippen LogP contribution in [0.3, 0.4) is 0 Å². The number of Topliss-reactive ketones (excluding diaryl/α,β-unsaturated/α-hetero) is 1. The average molecular weight is 313 g/mol. The van der Waals surface area contributed by atoms with E-state index in [2.05, 4.69) is 5.32 Å². The molecule has 1 aliphatic rings. The highest BCUT2D eigenvalue weighted by molar-refractivity contribution is 6.02. The Morgan fingerprint density at radius 1 is 0.870 bits per heavy atom. The zero-order valence-corrected chi connectivity index (χ0v) is 11.7. The Balaban J connectivity index is 1.71. The van der Waals surface area contributed by atoms with Crippen LogP contribution in [0.5, 0.6) is 0 Å². The molecule has 0 saturated carbocycles. The fourth-order valence-corrected chi connectivity index (χ4v) is 2.38. The number of non-ortho nitro benzene ring substituents is 2. The third-order valence-corrected chi connectivity index (χ3v) is 3.69. The van der Waals surface area contributed by atoms with Crippen LogP contribution in [0.1, 0.15) is 22.0 Å². The quantitative estimate of drug-likeness (QED) is 0.391. The fraction of sp³-hybridized carbons (Fsp3) is 0.133. The van der Waals surface area contributed by atoms with Gasteiger partial charge in [0.25, 0.3) is 11.4 Å². The maximum absolute atomic E-state index is 12.3. The molecule has 0 spiro atoms. The molecule has 1 N–H and O–H groups in total. The number of nitro groups is 2. The summed E-state index contributed by atoms with van der Waals surface area (Å²) in [5, 5.41) is 24.2. The van der Waals surface area contributed by atoms with Crippen molar-refractivity contribution in [1.29, 1.82) is 0 Å². The standard InChI is InChI=1S/C15H11N3O5/c19-15(10-3-7-12(8-4-10)18(22)23)14-13(16-14)9-1-5-11(6-2-9)17(20)21/h1-8,13-14,16H/t13-,14-/m1/s1. The molecule has 8 nitrogen and oxygen atoms in total. The lowest BCUT2D eigenvalue weighted by Crippen LogP contribution is -2.10. The SMILES string of the molecule is O=C(c1ccc([N+](=O)[O-])cc1)[C@@H]1N[C@@H]1c1ccc([N+](=O)[O-])cc1. The van der Waals surface area contributed by atoms with Crippen LogP contribution < -0.4 is 5.32 Å². The minimum absolute atomic E-state index is 0.00681. The second-order valence-electron chi connectivity index (χ2n) is 5.14. The zero-order valence-electron chi connectivity index (χ0n) is 11.7. The van der Waals surface area contributed by atoms with Gasteiger partial charge in [0.1, 0.15) is 0 Å². The minimum Gasteiger partial charge on any atom is -0.297 e. The van der Waals surface area contributed by atoms with Crippen molar-refractivity contribution in [3.8, 4) is 0 Å². The molecule has 0 aromatic heterocycles. The molecule has 0 radical (unpaired) electrons. The predicted molar refractivity (Wildman–Crippen MR) is 80.2 cm³/mol. The van der Waals surface area contributed by atoms with Crippen molar-refractivity contribution in [2.45, 2.75) is 12.1 Å². The molecule has 1 fully saturated rings. The van der Waals surface area contributed by atoms with Gasteiger partial charge >= 0.3 is 0 Å². The molecule has 2 atom stereocenters. The summed E-state index contributed by atoms with van der Waals surface area (Å²) in [7, 11) is 0. The van der Waals surface area contributed by atoms with Crippen LogP contribution in [0.4, 0.5) is 11.4 Å². The van der Waals surface area contributed by atoms with E-state index < -0.39 is 15.9 Å². The summed E-state index contributed by atoms with van der Waals surface area (Å²) in [6, 6.07) is 10.8. The van der Waals surface area contributed by atoms with E-state index in [9.17, 15) is 25.0 Å². The summed E-state index contributed by atoms with van der Waals surface area (Å²) in [5.74, 6) is -0.164. The lowest BCUT2D eigenvalue weighted by molar-refractivity contribution is -0.385. The van der Waals surface area contributed by atoms with Gasteiger partial charge in [0, 0.05) is 29.8 Å². The molecule has 116 valence electrons. The summed E-state index contributed by atoms with van der Waals surface area (Å²) in [4.78, 5) is 32.5. The molecule has 0 unspecified atom stereocenters. The second kappa shape index (κ2) is 5.58. The summed E-state index contributed by atoms with van der Waals surface area (Å²) in [6.07, 6.45) is 0. The molecule has 2 aromatic rings. The Morgan fingerprint density at radius 2 is 1.35 bits per heavy atom. The molecular formula is C15H11N3O5. The molecule has 0 bridgehead atoms. The molecular weight excluding hydrogens is 302 g/mol. The Labute approximate surface area is 130 Å². The van der Waals surface area contributed by atoms with Crippen molar-refractivity contribution in [2.24, 2.45) is 0 Å². The maximum Gasteiger partial charge on any atom is 0.269 e. The minimum atomic E-state index is -0.524. The van der Waals surface area contributed by atoms with Crippen LogP contribution in [0, 0.1) is 20.2 Å². The summed E-state index contributed by atoms with van der Waals surface area (Å²) in [6.45, 7) is 0. The fourth-order valence-electron chi connectivity index (χ4n) is 2.38. The number of nitrogens with zero attached hydrogens (tertiary/aromatic N) is 2. The van der Waals surface area contributed by atoms with E-state index in [-0.39, 0.29) is 23.2 Å². The zero-order chi connectivity index (χ0) is 16.6. The van der Waals surface area contributed by atoms with Gasteiger partial charge in [-0.1, -0.05) is 12.1 Å². The van der Waals surface area contributed by atoms with E-state index in [1.165, 1.54) is 36.4 Å². The largest absolute Gasteiger partial charge is 0.297 e. The van der Waals surface area contributed by atoms with Crippen molar-refractivity contribution in [3.05, 3.63) is 79.9 Å². The van der Waals surface area contributed by atoms with E-state index >= 15 is 0 Å². The Kier molecular flexibility index (Phi) is 3.59. The number of carbonyl (C=O) groups is 1. The molecule has 1 aliphatic heterocycles. The molecule has 1 saturated heterocycles. The average Bonchev–Trinajstić information content (AvgIpc) is 3.35. The van der Waals surface area contributed by atoms with Gasteiger partial charge in [-0.2, -0.15) is 0 Å². The first-order valence-corrected chi connectivity index (χ1v) is 6.76. The maximum atomic E-state index is 12.3. The topological polar surface area (TPSA) is 125 Å². The first kappa shape index (κ1) is 14.8. The van der Waals surface area contributed by atoms with Gasteiger partial charge in [0.15, 0.2) is 5.78 Å². The van der Waals surface area contributed by atoms with E-state index in [0.717, 1.165) is 5.56 Å². The smallest absolute Gasteiger partial charge is 0.269 e. The van der Waals surface area contributed by atoms with Gasteiger partial charge < -0.3 is 0 Å². The molecule has 0 aliphatic carbocycles. The lowest BCUT2D eigenvalue weighted by atomic mass is 10.0. The second-order valence-corrected chi connectivity index (χ2v) is 5.14. The van der Waals surface area contributed by atoms with Gasteiger partial charge in [-0.25, -0.2) is 0 Å². The number of hydrogen-bond acceptors (Lipinski definition) is 6. The number of benzene rings is 2. The number of rotatable bonds is 5. The number of carbonyl (C=O) groups excluding carboxylic acids is 1. The Morgan fingerprint density at radius 3 is 1.83 bits per heavy atom. The van der Waals surface area contributed by atoms with Gasteiger partial charge in [0.2, 0.25) is 0 Å². The van der Waals surface area contributed by atoms with Crippen LogP contribution in [0.25, 0.3) is 0 Å². The molecule has 0 amide bonds. The molecule has 2 aromatic carbocycles. The lowest BCUT2D eigenvalue weighted by Gasteiger charge is -2.00. The Bertz CT molecular complexity index is 786. The van der Waals surface area contributed by atoms with Crippen molar-refractivity contribution < 1.29 is 14.6 Å².